The van der Waals surface area contributed by atoms with E-state index in [-0.39, 0.29) is 24.1 Å². The van der Waals surface area contributed by atoms with Gasteiger partial charge in [0.05, 0.1) is 11.1 Å². The Labute approximate surface area is 188 Å². The van der Waals surface area contributed by atoms with Gasteiger partial charge in [-0.1, -0.05) is 53.5 Å². The first kappa shape index (κ1) is 21.2. The van der Waals surface area contributed by atoms with Gasteiger partial charge in [0.1, 0.15) is 18.1 Å². The van der Waals surface area contributed by atoms with Gasteiger partial charge >= 0.3 is 0 Å². The SMILES string of the molecule is O=C1CN(C(=O)COc2ccc(Cl)cc2Cl)[C@H](c2ccccc2)c2cc(F)ccc2N1. The van der Waals surface area contributed by atoms with E-state index in [1.807, 2.05) is 30.3 Å². The molecule has 0 saturated carbocycles. The van der Waals surface area contributed by atoms with Gasteiger partial charge in [0, 0.05) is 16.3 Å². The van der Waals surface area contributed by atoms with Crippen molar-refractivity contribution in [3.63, 3.8) is 0 Å². The van der Waals surface area contributed by atoms with Gasteiger partial charge in [-0.05, 0) is 42.0 Å². The molecule has 4 rings (SSSR count). The van der Waals surface area contributed by atoms with Gasteiger partial charge in [0.2, 0.25) is 5.91 Å². The lowest BCUT2D eigenvalue weighted by molar-refractivity contribution is -0.138. The Balaban J connectivity index is 1.69. The molecule has 1 atom stereocenters. The zero-order valence-electron chi connectivity index (χ0n) is 16.1. The Morgan fingerprint density at radius 3 is 2.61 bits per heavy atom. The molecule has 0 bridgehead atoms. The van der Waals surface area contributed by atoms with E-state index in [2.05, 4.69) is 5.32 Å². The van der Waals surface area contributed by atoms with E-state index >= 15 is 0 Å². The summed E-state index contributed by atoms with van der Waals surface area (Å²) in [7, 11) is 0. The first-order valence-electron chi connectivity index (χ1n) is 9.44. The zero-order valence-corrected chi connectivity index (χ0v) is 17.7. The lowest BCUT2D eigenvalue weighted by Crippen LogP contribution is -2.41. The van der Waals surface area contributed by atoms with E-state index in [9.17, 15) is 14.0 Å². The Bertz CT molecular complexity index is 1140. The minimum absolute atomic E-state index is 0.216. The van der Waals surface area contributed by atoms with Crippen molar-refractivity contribution in [1.29, 1.82) is 0 Å². The lowest BCUT2D eigenvalue weighted by Gasteiger charge is -2.30. The number of nitrogens with zero attached hydrogens (tertiary/aromatic N) is 1. The number of carbonyl (C=O) groups is 2. The second-order valence-corrected chi connectivity index (χ2v) is 7.82. The summed E-state index contributed by atoms with van der Waals surface area (Å²) in [6.07, 6.45) is 0. The van der Waals surface area contributed by atoms with Gasteiger partial charge in [-0.15, -0.1) is 0 Å². The molecule has 0 saturated heterocycles. The van der Waals surface area contributed by atoms with Crippen molar-refractivity contribution in [3.05, 3.63) is 93.7 Å². The van der Waals surface area contributed by atoms with Crippen molar-refractivity contribution in [2.24, 2.45) is 0 Å². The average molecular weight is 459 g/mol. The molecule has 31 heavy (non-hydrogen) atoms. The first-order chi connectivity index (χ1) is 14.9. The lowest BCUT2D eigenvalue weighted by atomic mass is 9.95. The standard InChI is InChI=1S/C23H17Cl2FN2O3/c24-15-6-9-20(18(25)10-15)31-13-22(30)28-12-21(29)27-19-8-7-16(26)11-17(19)23(28)14-4-2-1-3-5-14/h1-11,23H,12-13H2,(H,27,29)/t23-/m1/s1. The number of fused-ring (bicyclic) bond motifs is 1. The molecule has 1 aliphatic heterocycles. The number of ether oxygens (including phenoxy) is 1. The van der Waals surface area contributed by atoms with Crippen LogP contribution in [0.1, 0.15) is 17.2 Å². The topological polar surface area (TPSA) is 58.6 Å². The van der Waals surface area contributed by atoms with Crippen LogP contribution in [0.2, 0.25) is 10.0 Å². The normalized spacial score (nSPS) is 15.6. The zero-order chi connectivity index (χ0) is 22.0. The van der Waals surface area contributed by atoms with Crippen molar-refractivity contribution in [2.75, 3.05) is 18.5 Å². The summed E-state index contributed by atoms with van der Waals surface area (Å²) in [5, 5.41) is 3.45. The Kier molecular flexibility index (Phi) is 6.11. The smallest absolute Gasteiger partial charge is 0.261 e. The van der Waals surface area contributed by atoms with E-state index < -0.39 is 17.8 Å². The summed E-state index contributed by atoms with van der Waals surface area (Å²) in [6, 6.07) is 17.2. The molecular weight excluding hydrogens is 442 g/mol. The molecule has 0 radical (unpaired) electrons. The summed E-state index contributed by atoms with van der Waals surface area (Å²) in [6.45, 7) is -0.574. The molecule has 0 aromatic heterocycles. The number of nitrogens with one attached hydrogen (secondary N) is 1. The molecule has 5 nitrogen and oxygen atoms in total. The van der Waals surface area contributed by atoms with Crippen LogP contribution >= 0.6 is 23.2 Å². The number of rotatable bonds is 4. The van der Waals surface area contributed by atoms with Crippen LogP contribution in [0.5, 0.6) is 5.75 Å². The molecule has 0 unspecified atom stereocenters. The number of carbonyl (C=O) groups excluding carboxylic acids is 2. The fourth-order valence-corrected chi connectivity index (χ4v) is 3.98. The van der Waals surface area contributed by atoms with Gasteiger partial charge in [0.25, 0.3) is 5.91 Å². The Morgan fingerprint density at radius 2 is 1.87 bits per heavy atom. The summed E-state index contributed by atoms with van der Waals surface area (Å²) in [5.74, 6) is -1.01. The maximum Gasteiger partial charge on any atom is 0.261 e. The molecule has 3 aromatic rings. The number of amides is 2. The average Bonchev–Trinajstić information content (AvgIpc) is 2.89. The van der Waals surface area contributed by atoms with E-state index in [0.717, 1.165) is 5.56 Å². The molecule has 0 aliphatic carbocycles. The maximum absolute atomic E-state index is 14.1. The number of halogens is 3. The molecule has 158 valence electrons. The van der Waals surface area contributed by atoms with E-state index in [1.165, 1.54) is 29.2 Å². The molecule has 1 heterocycles. The predicted octanol–water partition coefficient (Wildman–Crippen LogP) is 5.08. The van der Waals surface area contributed by atoms with E-state index in [1.54, 1.807) is 12.1 Å². The quantitative estimate of drug-likeness (QED) is 0.592. The highest BCUT2D eigenvalue weighted by molar-refractivity contribution is 6.35. The van der Waals surface area contributed by atoms with E-state index in [4.69, 9.17) is 27.9 Å². The second kappa shape index (κ2) is 8.96. The third-order valence-electron chi connectivity index (χ3n) is 4.89. The van der Waals surface area contributed by atoms with E-state index in [0.29, 0.717) is 22.0 Å². The molecule has 2 amide bonds. The highest BCUT2D eigenvalue weighted by atomic mass is 35.5. The molecule has 1 N–H and O–H groups in total. The van der Waals surface area contributed by atoms with Gasteiger partial charge in [-0.25, -0.2) is 4.39 Å². The highest BCUT2D eigenvalue weighted by Crippen LogP contribution is 2.36. The van der Waals surface area contributed by atoms with Crippen molar-refractivity contribution in [2.45, 2.75) is 6.04 Å². The summed E-state index contributed by atoms with van der Waals surface area (Å²) in [4.78, 5) is 27.1. The third-order valence-corrected chi connectivity index (χ3v) is 5.42. The molecule has 3 aromatic carbocycles. The number of anilines is 1. The van der Waals surface area contributed by atoms with Crippen LogP contribution in [0.3, 0.4) is 0 Å². The molecule has 0 fully saturated rings. The largest absolute Gasteiger partial charge is 0.482 e. The first-order valence-corrected chi connectivity index (χ1v) is 10.2. The molecule has 8 heteroatoms. The van der Waals surface area contributed by atoms with Gasteiger partial charge in [0.15, 0.2) is 6.61 Å². The van der Waals surface area contributed by atoms with Gasteiger partial charge in [-0.2, -0.15) is 0 Å². The molecular formula is C23H17Cl2FN2O3. The van der Waals surface area contributed by atoms with Crippen LogP contribution in [-0.2, 0) is 9.59 Å². The van der Waals surface area contributed by atoms with Crippen molar-refractivity contribution < 1.29 is 18.7 Å². The Hall–Kier alpha value is -3.09. The maximum atomic E-state index is 14.1. The van der Waals surface area contributed by atoms with Crippen LogP contribution < -0.4 is 10.1 Å². The van der Waals surface area contributed by atoms with Gasteiger partial charge < -0.3 is 15.0 Å². The van der Waals surface area contributed by atoms with Crippen molar-refractivity contribution in [3.8, 4) is 5.75 Å². The summed E-state index contributed by atoms with van der Waals surface area (Å²) in [5.41, 5.74) is 1.68. The van der Waals surface area contributed by atoms with Gasteiger partial charge in [-0.3, -0.25) is 9.59 Å². The van der Waals surface area contributed by atoms with Crippen LogP contribution in [0.15, 0.2) is 66.7 Å². The van der Waals surface area contributed by atoms with Crippen molar-refractivity contribution >= 4 is 40.7 Å². The third kappa shape index (κ3) is 4.65. The predicted molar refractivity (Wildman–Crippen MR) is 117 cm³/mol. The number of hydrogen-bond acceptors (Lipinski definition) is 3. The minimum atomic E-state index is -0.678. The molecule has 1 aliphatic rings. The molecule has 0 spiro atoms. The van der Waals surface area contributed by atoms with Crippen LogP contribution in [0.25, 0.3) is 0 Å². The van der Waals surface area contributed by atoms with Crippen molar-refractivity contribution in [1.82, 2.24) is 4.90 Å². The minimum Gasteiger partial charge on any atom is -0.482 e. The van der Waals surface area contributed by atoms with Crippen LogP contribution in [-0.4, -0.2) is 29.9 Å². The summed E-state index contributed by atoms with van der Waals surface area (Å²) >= 11 is 12.0. The highest BCUT2D eigenvalue weighted by Gasteiger charge is 2.33. The second-order valence-electron chi connectivity index (χ2n) is 6.98. The van der Waals surface area contributed by atoms with Crippen LogP contribution in [0, 0.1) is 5.82 Å². The Morgan fingerprint density at radius 1 is 1.10 bits per heavy atom. The summed E-state index contributed by atoms with van der Waals surface area (Å²) < 4.78 is 19.7. The fraction of sp³-hybridized carbons (Fsp3) is 0.130. The number of hydrogen-bond donors (Lipinski definition) is 1. The van der Waals surface area contributed by atoms with Crippen LogP contribution in [0.4, 0.5) is 10.1 Å². The number of benzene rings is 3. The monoisotopic (exact) mass is 458 g/mol. The fourth-order valence-electron chi connectivity index (χ4n) is 3.52.